The van der Waals surface area contributed by atoms with Crippen molar-refractivity contribution in [3.05, 3.63) is 48.5 Å². The fourth-order valence-corrected chi connectivity index (χ4v) is 1.90. The van der Waals surface area contributed by atoms with Gasteiger partial charge in [-0.2, -0.15) is 5.10 Å². The Kier molecular flexibility index (Phi) is 2.60. The van der Waals surface area contributed by atoms with Gasteiger partial charge in [-0.15, -0.1) is 5.10 Å². The molecule has 6 nitrogen and oxygen atoms in total. The second-order valence-electron chi connectivity index (χ2n) is 3.87. The quantitative estimate of drug-likeness (QED) is 0.694. The van der Waals surface area contributed by atoms with Gasteiger partial charge in [0.15, 0.2) is 0 Å². The predicted molar refractivity (Wildman–Crippen MR) is 65.7 cm³/mol. The number of hydrogen-bond acceptors (Lipinski definition) is 4. The van der Waals surface area contributed by atoms with Crippen LogP contribution >= 0.6 is 0 Å². The molecule has 90 valence electrons. The van der Waals surface area contributed by atoms with E-state index in [0.717, 1.165) is 17.8 Å². The summed E-state index contributed by atoms with van der Waals surface area (Å²) in [4.78, 5) is 0. The molecule has 0 fully saturated rings. The van der Waals surface area contributed by atoms with Crippen molar-refractivity contribution in [2.24, 2.45) is 0 Å². The molecule has 0 atom stereocenters. The number of nitrogens with zero attached hydrogens (tertiary/aromatic N) is 6. The molecule has 0 radical (unpaired) electrons. The van der Waals surface area contributed by atoms with Gasteiger partial charge in [0.25, 0.3) is 0 Å². The van der Waals surface area contributed by atoms with E-state index in [9.17, 15) is 0 Å². The van der Waals surface area contributed by atoms with Crippen molar-refractivity contribution in [2.75, 3.05) is 0 Å². The number of aryl methyl sites for hydroxylation is 1. The van der Waals surface area contributed by atoms with Gasteiger partial charge in [0.1, 0.15) is 6.33 Å². The van der Waals surface area contributed by atoms with Crippen LogP contribution in [0, 0.1) is 0 Å². The molecule has 0 N–H and O–H groups in total. The third-order valence-electron chi connectivity index (χ3n) is 2.81. The summed E-state index contributed by atoms with van der Waals surface area (Å²) >= 11 is 0. The van der Waals surface area contributed by atoms with Crippen LogP contribution in [-0.2, 0) is 6.42 Å². The number of tetrazole rings is 1. The summed E-state index contributed by atoms with van der Waals surface area (Å²) in [5.74, 6) is 0. The lowest BCUT2D eigenvalue weighted by atomic mass is 10.1. The van der Waals surface area contributed by atoms with E-state index in [1.54, 1.807) is 17.2 Å². The smallest absolute Gasteiger partial charge is 0.143 e. The third-order valence-corrected chi connectivity index (χ3v) is 2.81. The maximum Gasteiger partial charge on any atom is 0.143 e. The number of rotatable bonds is 3. The van der Waals surface area contributed by atoms with Crippen LogP contribution in [0.25, 0.3) is 11.4 Å². The Morgan fingerprint density at radius 1 is 1.22 bits per heavy atom. The predicted octanol–water partition coefficient (Wildman–Crippen LogP) is 1.41. The molecule has 3 aromatic rings. The van der Waals surface area contributed by atoms with E-state index in [2.05, 4.69) is 33.6 Å². The van der Waals surface area contributed by atoms with E-state index in [0.29, 0.717) is 0 Å². The number of benzene rings is 1. The van der Waals surface area contributed by atoms with Crippen molar-refractivity contribution in [1.29, 1.82) is 0 Å². The molecule has 0 spiro atoms. The largest absolute Gasteiger partial charge is 0.241 e. The number of hydrogen-bond donors (Lipinski definition) is 0. The molecule has 0 saturated carbocycles. The lowest BCUT2D eigenvalue weighted by molar-refractivity contribution is 0.784. The van der Waals surface area contributed by atoms with Crippen LogP contribution in [0.5, 0.6) is 0 Å². The average molecular weight is 240 g/mol. The zero-order valence-electron chi connectivity index (χ0n) is 9.93. The van der Waals surface area contributed by atoms with Crippen molar-refractivity contribution < 1.29 is 0 Å². The van der Waals surface area contributed by atoms with Gasteiger partial charge in [0.2, 0.25) is 0 Å². The molecule has 0 aliphatic rings. The Hall–Kier alpha value is -2.50. The first-order chi connectivity index (χ1) is 8.88. The van der Waals surface area contributed by atoms with Crippen molar-refractivity contribution in [2.45, 2.75) is 13.3 Å². The molecule has 6 heteroatoms. The lowest BCUT2D eigenvalue weighted by Gasteiger charge is -2.10. The van der Waals surface area contributed by atoms with Crippen LogP contribution in [0.4, 0.5) is 0 Å². The highest BCUT2D eigenvalue weighted by molar-refractivity contribution is 5.48. The van der Waals surface area contributed by atoms with E-state index in [1.807, 2.05) is 29.1 Å². The van der Waals surface area contributed by atoms with Gasteiger partial charge in [-0.3, -0.25) is 0 Å². The molecular formula is C12H12N6. The minimum Gasteiger partial charge on any atom is -0.241 e. The van der Waals surface area contributed by atoms with E-state index >= 15 is 0 Å². The average Bonchev–Trinajstić information content (AvgIpc) is 3.11. The van der Waals surface area contributed by atoms with Gasteiger partial charge < -0.3 is 0 Å². The zero-order valence-corrected chi connectivity index (χ0v) is 9.93. The van der Waals surface area contributed by atoms with Crippen LogP contribution < -0.4 is 0 Å². The van der Waals surface area contributed by atoms with E-state index < -0.39 is 0 Å². The highest BCUT2D eigenvalue weighted by atomic mass is 15.5. The molecule has 0 aliphatic carbocycles. The summed E-state index contributed by atoms with van der Waals surface area (Å²) in [6.07, 6.45) is 6.22. The summed E-state index contributed by atoms with van der Waals surface area (Å²) in [6.45, 7) is 2.12. The maximum atomic E-state index is 4.27. The minimum atomic E-state index is 0.919. The normalized spacial score (nSPS) is 10.7. The summed E-state index contributed by atoms with van der Waals surface area (Å²) in [6, 6.07) is 8.02. The second kappa shape index (κ2) is 4.40. The van der Waals surface area contributed by atoms with Crippen LogP contribution in [0.2, 0.25) is 0 Å². The topological polar surface area (TPSA) is 61.4 Å². The van der Waals surface area contributed by atoms with E-state index in [1.165, 1.54) is 5.56 Å². The molecule has 0 bridgehead atoms. The van der Waals surface area contributed by atoms with Crippen LogP contribution in [0.1, 0.15) is 12.5 Å². The molecule has 0 unspecified atom stereocenters. The first kappa shape index (κ1) is 10.6. The van der Waals surface area contributed by atoms with Crippen LogP contribution in [0.15, 0.2) is 43.0 Å². The Balaban J connectivity index is 2.14. The summed E-state index contributed by atoms with van der Waals surface area (Å²) in [5.41, 5.74) is 3.20. The van der Waals surface area contributed by atoms with Crippen molar-refractivity contribution in [1.82, 2.24) is 30.0 Å². The van der Waals surface area contributed by atoms with Crippen molar-refractivity contribution in [3.8, 4) is 11.4 Å². The zero-order chi connectivity index (χ0) is 12.4. The van der Waals surface area contributed by atoms with Crippen LogP contribution in [-0.4, -0.2) is 30.0 Å². The fourth-order valence-electron chi connectivity index (χ4n) is 1.90. The highest BCUT2D eigenvalue weighted by Crippen LogP contribution is 2.18. The van der Waals surface area contributed by atoms with Gasteiger partial charge in [0, 0.05) is 12.4 Å². The van der Waals surface area contributed by atoms with E-state index in [4.69, 9.17) is 0 Å². The SMILES string of the molecule is CCc1ccc(-n2cnnn2)cc1-n1cccn1. The third kappa shape index (κ3) is 1.77. The monoisotopic (exact) mass is 240 g/mol. The van der Waals surface area contributed by atoms with Gasteiger partial charge >= 0.3 is 0 Å². The molecule has 0 saturated heterocycles. The Bertz CT molecular complexity index is 627. The van der Waals surface area contributed by atoms with Crippen LogP contribution in [0.3, 0.4) is 0 Å². The molecule has 18 heavy (non-hydrogen) atoms. The van der Waals surface area contributed by atoms with Gasteiger partial charge in [-0.25, -0.2) is 9.36 Å². The Morgan fingerprint density at radius 2 is 2.17 bits per heavy atom. The first-order valence-corrected chi connectivity index (χ1v) is 5.75. The van der Waals surface area contributed by atoms with Crippen molar-refractivity contribution >= 4 is 0 Å². The molecule has 2 heterocycles. The molecule has 0 amide bonds. The second-order valence-corrected chi connectivity index (χ2v) is 3.87. The molecule has 1 aromatic carbocycles. The van der Waals surface area contributed by atoms with Gasteiger partial charge in [0.05, 0.1) is 11.4 Å². The highest BCUT2D eigenvalue weighted by Gasteiger charge is 2.06. The van der Waals surface area contributed by atoms with Gasteiger partial charge in [-0.05, 0) is 40.6 Å². The summed E-state index contributed by atoms with van der Waals surface area (Å²) in [5, 5.41) is 15.5. The molecular weight excluding hydrogens is 228 g/mol. The summed E-state index contributed by atoms with van der Waals surface area (Å²) in [7, 11) is 0. The molecule has 3 rings (SSSR count). The van der Waals surface area contributed by atoms with E-state index in [-0.39, 0.29) is 0 Å². The standard InChI is InChI=1S/C12H12N6/c1-2-10-4-5-11(18-9-13-15-16-18)8-12(10)17-7-3-6-14-17/h3-9H,2H2,1H3. The Labute approximate surface area is 104 Å². The van der Waals surface area contributed by atoms with Crippen molar-refractivity contribution in [3.63, 3.8) is 0 Å². The summed E-state index contributed by atoms with van der Waals surface area (Å²) < 4.78 is 3.49. The number of aromatic nitrogens is 6. The molecule has 2 aromatic heterocycles. The fraction of sp³-hybridized carbons (Fsp3) is 0.167. The minimum absolute atomic E-state index is 0.919. The van der Waals surface area contributed by atoms with Gasteiger partial charge in [-0.1, -0.05) is 13.0 Å². The first-order valence-electron chi connectivity index (χ1n) is 5.75. The molecule has 0 aliphatic heterocycles. The lowest BCUT2D eigenvalue weighted by Crippen LogP contribution is -2.03. The Morgan fingerprint density at radius 3 is 2.83 bits per heavy atom. The maximum absolute atomic E-state index is 4.27.